The fourth-order valence-electron chi connectivity index (χ4n) is 1.61. The molecule has 0 aliphatic heterocycles. The van der Waals surface area contributed by atoms with E-state index < -0.39 is 0 Å². The van der Waals surface area contributed by atoms with Crippen molar-refractivity contribution in [2.24, 2.45) is 0 Å². The highest BCUT2D eigenvalue weighted by Gasteiger charge is 2.12. The van der Waals surface area contributed by atoms with E-state index in [1.807, 2.05) is 50.2 Å². The highest BCUT2D eigenvalue weighted by atomic mass is 15.2. The second-order valence-electron chi connectivity index (χ2n) is 4.16. The van der Waals surface area contributed by atoms with Crippen LogP contribution in [0.2, 0.25) is 0 Å². The number of aromatic amines is 1. The molecule has 0 saturated carbocycles. The summed E-state index contributed by atoms with van der Waals surface area (Å²) in [7, 11) is 3.74. The van der Waals surface area contributed by atoms with Gasteiger partial charge in [0.1, 0.15) is 11.9 Å². The smallest absolute Gasteiger partial charge is 0.165 e. The third kappa shape index (κ3) is 2.13. The maximum Gasteiger partial charge on any atom is 0.165 e. The molecule has 2 aromatic rings. The summed E-state index contributed by atoms with van der Waals surface area (Å²) >= 11 is 0. The summed E-state index contributed by atoms with van der Waals surface area (Å²) in [5, 5.41) is 9.02. The van der Waals surface area contributed by atoms with E-state index in [0.717, 1.165) is 11.4 Å². The number of aryl methyl sites for hydroxylation is 1. The summed E-state index contributed by atoms with van der Waals surface area (Å²) in [5.41, 5.74) is 2.68. The zero-order chi connectivity index (χ0) is 12.4. The number of nitrogens with zero attached hydrogens (tertiary/aromatic N) is 3. The summed E-state index contributed by atoms with van der Waals surface area (Å²) in [6, 6.07) is 10.2. The molecule has 1 heterocycles. The summed E-state index contributed by atoms with van der Waals surface area (Å²) in [4.78, 5) is 9.29. The fourth-order valence-corrected chi connectivity index (χ4v) is 1.61. The van der Waals surface area contributed by atoms with Crippen LogP contribution in [0.5, 0.6) is 0 Å². The van der Waals surface area contributed by atoms with Crippen molar-refractivity contribution >= 4 is 5.82 Å². The molecule has 86 valence electrons. The van der Waals surface area contributed by atoms with Crippen LogP contribution >= 0.6 is 0 Å². The number of nitrogens with one attached hydrogen (secondary N) is 1. The van der Waals surface area contributed by atoms with Crippen molar-refractivity contribution in [2.45, 2.75) is 6.92 Å². The number of anilines is 1. The first-order valence-corrected chi connectivity index (χ1v) is 5.36. The first kappa shape index (κ1) is 11.2. The molecule has 4 nitrogen and oxygen atoms in total. The lowest BCUT2D eigenvalue weighted by Crippen LogP contribution is -2.10. The van der Waals surface area contributed by atoms with Crippen LogP contribution in [0.15, 0.2) is 24.3 Å². The largest absolute Gasteiger partial charge is 0.360 e. The summed E-state index contributed by atoms with van der Waals surface area (Å²) < 4.78 is 0. The Morgan fingerprint density at radius 2 is 1.88 bits per heavy atom. The van der Waals surface area contributed by atoms with Crippen LogP contribution < -0.4 is 4.90 Å². The highest BCUT2D eigenvalue weighted by molar-refractivity contribution is 5.62. The van der Waals surface area contributed by atoms with Gasteiger partial charge in [0.25, 0.3) is 0 Å². The lowest BCUT2D eigenvalue weighted by molar-refractivity contribution is 1.08. The highest BCUT2D eigenvalue weighted by Crippen LogP contribution is 2.22. The second kappa shape index (κ2) is 4.30. The van der Waals surface area contributed by atoms with E-state index in [1.54, 1.807) is 0 Å². The molecule has 0 fully saturated rings. The number of hydrogen-bond acceptors (Lipinski definition) is 3. The van der Waals surface area contributed by atoms with Crippen molar-refractivity contribution in [2.75, 3.05) is 19.0 Å². The molecule has 0 atom stereocenters. The van der Waals surface area contributed by atoms with Gasteiger partial charge in [-0.15, -0.1) is 0 Å². The van der Waals surface area contributed by atoms with Crippen molar-refractivity contribution < 1.29 is 0 Å². The van der Waals surface area contributed by atoms with Crippen LogP contribution in [0.1, 0.15) is 11.3 Å². The Labute approximate surface area is 101 Å². The van der Waals surface area contributed by atoms with Gasteiger partial charge in [0.15, 0.2) is 11.5 Å². The van der Waals surface area contributed by atoms with Gasteiger partial charge < -0.3 is 9.88 Å². The van der Waals surface area contributed by atoms with E-state index in [1.165, 1.54) is 5.56 Å². The minimum Gasteiger partial charge on any atom is -0.360 e. The molecule has 2 rings (SSSR count). The van der Waals surface area contributed by atoms with Crippen molar-refractivity contribution in [3.8, 4) is 17.5 Å². The van der Waals surface area contributed by atoms with Crippen molar-refractivity contribution in [3.05, 3.63) is 35.5 Å². The van der Waals surface area contributed by atoms with Crippen LogP contribution in [0, 0.1) is 18.3 Å². The molecule has 1 N–H and O–H groups in total. The Kier molecular flexibility index (Phi) is 2.84. The van der Waals surface area contributed by atoms with Crippen LogP contribution in [-0.4, -0.2) is 24.1 Å². The van der Waals surface area contributed by atoms with Gasteiger partial charge in [-0.05, 0) is 6.92 Å². The third-order valence-corrected chi connectivity index (χ3v) is 2.55. The SMILES string of the molecule is Cc1ccc(-c2nc(N(C)C)c(C#N)[nH]2)cc1. The van der Waals surface area contributed by atoms with Gasteiger partial charge in [-0.25, -0.2) is 4.98 Å². The van der Waals surface area contributed by atoms with Crippen molar-refractivity contribution in [1.29, 1.82) is 5.26 Å². The topological polar surface area (TPSA) is 55.7 Å². The van der Waals surface area contributed by atoms with E-state index in [9.17, 15) is 0 Å². The quantitative estimate of drug-likeness (QED) is 0.855. The number of hydrogen-bond donors (Lipinski definition) is 1. The zero-order valence-electron chi connectivity index (χ0n) is 10.2. The van der Waals surface area contributed by atoms with Gasteiger partial charge in [0.05, 0.1) is 0 Å². The molecule has 1 aromatic carbocycles. The normalized spacial score (nSPS) is 10.0. The number of H-pyrrole nitrogens is 1. The number of imidazole rings is 1. The molecule has 0 amide bonds. The predicted octanol–water partition coefficient (Wildman–Crippen LogP) is 2.32. The molecule has 0 spiro atoms. The molecule has 0 bridgehead atoms. The van der Waals surface area contributed by atoms with Gasteiger partial charge >= 0.3 is 0 Å². The van der Waals surface area contributed by atoms with Crippen LogP contribution in [0.25, 0.3) is 11.4 Å². The first-order valence-electron chi connectivity index (χ1n) is 5.36. The molecule has 1 aromatic heterocycles. The van der Waals surface area contributed by atoms with Gasteiger partial charge in [-0.3, -0.25) is 0 Å². The number of benzene rings is 1. The lowest BCUT2D eigenvalue weighted by Gasteiger charge is -2.07. The van der Waals surface area contributed by atoms with Gasteiger partial charge in [0, 0.05) is 19.7 Å². The van der Waals surface area contributed by atoms with E-state index in [0.29, 0.717) is 11.5 Å². The minimum absolute atomic E-state index is 0.491. The van der Waals surface area contributed by atoms with E-state index in [4.69, 9.17) is 5.26 Å². The standard InChI is InChI=1S/C13H14N4/c1-9-4-6-10(7-5-9)12-15-11(8-14)13(16-12)17(2)3/h4-7H,1-3H3,(H,15,16). The third-order valence-electron chi connectivity index (χ3n) is 2.55. The molecule has 17 heavy (non-hydrogen) atoms. The van der Waals surface area contributed by atoms with Crippen LogP contribution in [-0.2, 0) is 0 Å². The summed E-state index contributed by atoms with van der Waals surface area (Å²) in [5.74, 6) is 1.40. The van der Waals surface area contributed by atoms with Crippen LogP contribution in [0.3, 0.4) is 0 Å². The first-order chi connectivity index (χ1) is 8.11. The Morgan fingerprint density at radius 1 is 1.24 bits per heavy atom. The summed E-state index contributed by atoms with van der Waals surface area (Å²) in [6.45, 7) is 2.04. The van der Waals surface area contributed by atoms with Crippen molar-refractivity contribution in [1.82, 2.24) is 9.97 Å². The van der Waals surface area contributed by atoms with Crippen molar-refractivity contribution in [3.63, 3.8) is 0 Å². The molecular formula is C13H14N4. The molecule has 0 saturated heterocycles. The maximum absolute atomic E-state index is 9.02. The van der Waals surface area contributed by atoms with Gasteiger partial charge in [-0.2, -0.15) is 5.26 Å². The molecular weight excluding hydrogens is 212 g/mol. The van der Waals surface area contributed by atoms with E-state index >= 15 is 0 Å². The van der Waals surface area contributed by atoms with E-state index in [-0.39, 0.29) is 0 Å². The van der Waals surface area contributed by atoms with E-state index in [2.05, 4.69) is 16.0 Å². The van der Waals surface area contributed by atoms with Gasteiger partial charge in [-0.1, -0.05) is 29.8 Å². The Hall–Kier alpha value is -2.28. The Balaban J connectivity index is 2.47. The molecule has 0 unspecified atom stereocenters. The Bertz CT molecular complexity index is 558. The predicted molar refractivity (Wildman–Crippen MR) is 67.8 cm³/mol. The number of aromatic nitrogens is 2. The Morgan fingerprint density at radius 3 is 2.35 bits per heavy atom. The minimum atomic E-state index is 0.491. The molecule has 4 heteroatoms. The average molecular weight is 226 g/mol. The summed E-state index contributed by atoms with van der Waals surface area (Å²) in [6.07, 6.45) is 0. The number of rotatable bonds is 2. The molecule has 0 aliphatic rings. The monoisotopic (exact) mass is 226 g/mol. The average Bonchev–Trinajstić information content (AvgIpc) is 2.74. The van der Waals surface area contributed by atoms with Crippen LogP contribution in [0.4, 0.5) is 5.82 Å². The fraction of sp³-hybridized carbons (Fsp3) is 0.231. The number of nitriles is 1. The van der Waals surface area contributed by atoms with Gasteiger partial charge in [0.2, 0.25) is 0 Å². The zero-order valence-corrected chi connectivity index (χ0v) is 10.2. The molecule has 0 aliphatic carbocycles. The maximum atomic E-state index is 9.02. The second-order valence-corrected chi connectivity index (χ2v) is 4.16. The molecule has 0 radical (unpaired) electrons. The lowest BCUT2D eigenvalue weighted by atomic mass is 10.1.